The van der Waals surface area contributed by atoms with Gasteiger partial charge in [0, 0.05) is 19.3 Å². The molecule has 0 aliphatic heterocycles. The molecule has 0 radical (unpaired) electrons. The Kier molecular flexibility index (Phi) is 5.23. The van der Waals surface area contributed by atoms with Gasteiger partial charge in [-0.3, -0.25) is 0 Å². The number of benzene rings is 1. The fraction of sp³-hybridized carbons (Fsp3) is 0.385. The molecule has 0 bridgehead atoms. The molecule has 0 saturated heterocycles. The van der Waals surface area contributed by atoms with Gasteiger partial charge in [-0.25, -0.2) is 0 Å². The highest BCUT2D eigenvalue weighted by atomic mass is 32.2. The average Bonchev–Trinajstić information content (AvgIpc) is 2.84. The van der Waals surface area contributed by atoms with Crippen LogP contribution in [0.5, 0.6) is 5.75 Å². The summed E-state index contributed by atoms with van der Waals surface area (Å²) < 4.78 is 7.60. The van der Waals surface area contributed by atoms with Crippen molar-refractivity contribution in [2.75, 3.05) is 12.4 Å². The van der Waals surface area contributed by atoms with Gasteiger partial charge in [0.2, 0.25) is 0 Å². The van der Waals surface area contributed by atoms with E-state index in [1.54, 1.807) is 18.1 Å². The lowest BCUT2D eigenvalue weighted by Crippen LogP contribution is -2.01. The summed E-state index contributed by atoms with van der Waals surface area (Å²) in [6, 6.07) is 7.90. The Balaban J connectivity index is 1.68. The van der Waals surface area contributed by atoms with Gasteiger partial charge in [-0.05, 0) is 24.1 Å². The number of thioether (sulfide) groups is 1. The Morgan fingerprint density at radius 3 is 3.05 bits per heavy atom. The number of aromatic nitrogens is 3. The highest BCUT2D eigenvalue weighted by Gasteiger charge is 2.01. The summed E-state index contributed by atoms with van der Waals surface area (Å²) in [5, 5.41) is 8.79. The maximum atomic E-state index is 5.69. The summed E-state index contributed by atoms with van der Waals surface area (Å²) in [5.74, 6) is 1.84. The molecule has 2 rings (SSSR count). The van der Waals surface area contributed by atoms with Gasteiger partial charge in [-0.15, -0.1) is 10.2 Å². The molecule has 0 saturated carbocycles. The highest BCUT2D eigenvalue weighted by molar-refractivity contribution is 7.99. The van der Waals surface area contributed by atoms with E-state index in [4.69, 9.17) is 10.5 Å². The maximum absolute atomic E-state index is 5.69. The van der Waals surface area contributed by atoms with Crippen molar-refractivity contribution in [1.29, 1.82) is 0 Å². The smallest absolute Gasteiger partial charge is 0.190 e. The first-order chi connectivity index (χ1) is 9.29. The molecular weight excluding hydrogens is 260 g/mol. The second-order valence-electron chi connectivity index (χ2n) is 4.13. The van der Waals surface area contributed by atoms with Crippen LogP contribution in [0.1, 0.15) is 12.0 Å². The van der Waals surface area contributed by atoms with Crippen LogP contribution in [0.2, 0.25) is 0 Å². The largest absolute Gasteiger partial charge is 0.494 e. The van der Waals surface area contributed by atoms with Crippen molar-refractivity contribution in [3.05, 3.63) is 36.2 Å². The first-order valence-corrected chi connectivity index (χ1v) is 7.17. The average molecular weight is 278 g/mol. The van der Waals surface area contributed by atoms with E-state index in [0.717, 1.165) is 28.6 Å². The molecule has 0 unspecified atom stereocenters. The second kappa shape index (κ2) is 7.16. The molecule has 0 spiro atoms. The summed E-state index contributed by atoms with van der Waals surface area (Å²) in [5.41, 5.74) is 6.68. The van der Waals surface area contributed by atoms with Crippen molar-refractivity contribution in [2.24, 2.45) is 12.8 Å². The van der Waals surface area contributed by atoms with Gasteiger partial charge in [-0.1, -0.05) is 23.9 Å². The van der Waals surface area contributed by atoms with Crippen LogP contribution in [0.3, 0.4) is 0 Å². The summed E-state index contributed by atoms with van der Waals surface area (Å²) in [7, 11) is 1.94. The zero-order chi connectivity index (χ0) is 13.5. The van der Waals surface area contributed by atoms with Crippen LogP contribution in [0.4, 0.5) is 0 Å². The van der Waals surface area contributed by atoms with Gasteiger partial charge < -0.3 is 15.0 Å². The van der Waals surface area contributed by atoms with Gasteiger partial charge in [0.05, 0.1) is 6.61 Å². The molecule has 6 heteroatoms. The van der Waals surface area contributed by atoms with Crippen molar-refractivity contribution < 1.29 is 4.74 Å². The minimum Gasteiger partial charge on any atom is -0.494 e. The molecular formula is C13H18N4OS. The van der Waals surface area contributed by atoms with Crippen LogP contribution in [0, 0.1) is 0 Å². The monoisotopic (exact) mass is 278 g/mol. The van der Waals surface area contributed by atoms with Crippen molar-refractivity contribution >= 4 is 11.8 Å². The van der Waals surface area contributed by atoms with Crippen LogP contribution >= 0.6 is 11.8 Å². The first kappa shape index (κ1) is 13.9. The fourth-order valence-electron chi connectivity index (χ4n) is 1.58. The maximum Gasteiger partial charge on any atom is 0.190 e. The van der Waals surface area contributed by atoms with E-state index in [-0.39, 0.29) is 0 Å². The van der Waals surface area contributed by atoms with E-state index in [0.29, 0.717) is 13.2 Å². The van der Waals surface area contributed by atoms with E-state index in [2.05, 4.69) is 10.2 Å². The Morgan fingerprint density at radius 1 is 1.42 bits per heavy atom. The van der Waals surface area contributed by atoms with E-state index in [1.807, 2.05) is 35.9 Å². The fourth-order valence-corrected chi connectivity index (χ4v) is 2.38. The van der Waals surface area contributed by atoms with Crippen LogP contribution in [-0.2, 0) is 13.6 Å². The molecule has 0 aliphatic rings. The molecule has 0 amide bonds. The van der Waals surface area contributed by atoms with E-state index < -0.39 is 0 Å². The van der Waals surface area contributed by atoms with Crippen molar-refractivity contribution in [1.82, 2.24) is 14.8 Å². The normalized spacial score (nSPS) is 10.6. The lowest BCUT2D eigenvalue weighted by molar-refractivity contribution is 0.318. The van der Waals surface area contributed by atoms with Gasteiger partial charge in [0.1, 0.15) is 12.1 Å². The third-order valence-corrected chi connectivity index (χ3v) is 3.71. The number of ether oxygens (including phenoxy) is 1. The third kappa shape index (κ3) is 4.25. The summed E-state index contributed by atoms with van der Waals surface area (Å²) in [6.45, 7) is 1.23. The zero-order valence-corrected chi connectivity index (χ0v) is 11.8. The number of nitrogens with two attached hydrogens (primary N) is 1. The lowest BCUT2D eigenvalue weighted by atomic mass is 10.2. The predicted molar refractivity (Wildman–Crippen MR) is 76.2 cm³/mol. The Labute approximate surface area is 117 Å². The molecule has 1 aromatic heterocycles. The number of rotatable bonds is 7. The van der Waals surface area contributed by atoms with Crippen molar-refractivity contribution in [2.45, 2.75) is 18.1 Å². The number of hydrogen-bond acceptors (Lipinski definition) is 5. The zero-order valence-electron chi connectivity index (χ0n) is 11.0. The minimum atomic E-state index is 0.541. The minimum absolute atomic E-state index is 0.541. The molecule has 2 aromatic rings. The van der Waals surface area contributed by atoms with E-state index in [9.17, 15) is 0 Å². The van der Waals surface area contributed by atoms with E-state index in [1.165, 1.54) is 0 Å². The molecule has 0 atom stereocenters. The molecule has 0 fully saturated rings. The van der Waals surface area contributed by atoms with Gasteiger partial charge in [0.15, 0.2) is 5.16 Å². The standard InChI is InChI=1S/C13H18N4OS/c1-17-10-15-16-13(17)19-7-3-6-18-12-5-2-4-11(8-12)9-14/h2,4-5,8,10H,3,6-7,9,14H2,1H3. The SMILES string of the molecule is Cn1cnnc1SCCCOc1cccc(CN)c1. The van der Waals surface area contributed by atoms with Gasteiger partial charge in [-0.2, -0.15) is 0 Å². The van der Waals surface area contributed by atoms with Crippen LogP contribution in [0.25, 0.3) is 0 Å². The molecule has 0 aliphatic carbocycles. The predicted octanol–water partition coefficient (Wildman–Crippen LogP) is 1.83. The van der Waals surface area contributed by atoms with Gasteiger partial charge in [0.25, 0.3) is 0 Å². The Morgan fingerprint density at radius 2 is 2.32 bits per heavy atom. The first-order valence-electron chi connectivity index (χ1n) is 6.18. The Bertz CT molecular complexity index is 515. The molecule has 1 aromatic carbocycles. The lowest BCUT2D eigenvalue weighted by Gasteiger charge is -2.07. The number of nitrogens with zero attached hydrogens (tertiary/aromatic N) is 3. The molecule has 19 heavy (non-hydrogen) atoms. The summed E-state index contributed by atoms with van der Waals surface area (Å²) >= 11 is 1.69. The van der Waals surface area contributed by atoms with Gasteiger partial charge >= 0.3 is 0 Å². The van der Waals surface area contributed by atoms with Crippen LogP contribution < -0.4 is 10.5 Å². The quantitative estimate of drug-likeness (QED) is 0.618. The number of aryl methyl sites for hydroxylation is 1. The molecule has 102 valence electrons. The van der Waals surface area contributed by atoms with Crippen molar-refractivity contribution in [3.8, 4) is 5.75 Å². The van der Waals surface area contributed by atoms with Crippen LogP contribution in [0.15, 0.2) is 35.7 Å². The van der Waals surface area contributed by atoms with Crippen molar-refractivity contribution in [3.63, 3.8) is 0 Å². The second-order valence-corrected chi connectivity index (χ2v) is 5.19. The van der Waals surface area contributed by atoms with Crippen LogP contribution in [-0.4, -0.2) is 27.1 Å². The van der Waals surface area contributed by atoms with E-state index >= 15 is 0 Å². The topological polar surface area (TPSA) is 66.0 Å². The molecule has 1 heterocycles. The molecule has 5 nitrogen and oxygen atoms in total. The summed E-state index contributed by atoms with van der Waals surface area (Å²) in [6.07, 6.45) is 2.67. The Hall–Kier alpha value is -1.53. The summed E-state index contributed by atoms with van der Waals surface area (Å²) in [4.78, 5) is 0. The molecule has 2 N–H and O–H groups in total. The number of hydrogen-bond donors (Lipinski definition) is 1. The highest BCUT2D eigenvalue weighted by Crippen LogP contribution is 2.16. The third-order valence-electron chi connectivity index (χ3n) is 2.59.